The molecule has 0 heterocycles. The third-order valence-corrected chi connectivity index (χ3v) is 0.846. The first kappa shape index (κ1) is 7.56. The first-order chi connectivity index (χ1) is 3.81. The Bertz CT molecular complexity index is 65.4. The minimum absolute atomic E-state index is 0.00231. The van der Waals surface area contributed by atoms with Crippen LogP contribution in [0.2, 0.25) is 0 Å². The van der Waals surface area contributed by atoms with E-state index < -0.39 is 0 Å². The van der Waals surface area contributed by atoms with Crippen LogP contribution >= 0.6 is 0 Å². The lowest BCUT2D eigenvalue weighted by Crippen LogP contribution is -2.01. The van der Waals surface area contributed by atoms with Crippen molar-refractivity contribution in [1.29, 1.82) is 0 Å². The van der Waals surface area contributed by atoms with Gasteiger partial charge in [0, 0.05) is 6.42 Å². The van der Waals surface area contributed by atoms with Gasteiger partial charge in [-0.05, 0) is 10.4 Å². The number of halogens is 1. The Balaban J connectivity index is 3.03. The zero-order valence-corrected chi connectivity index (χ0v) is 4.76. The van der Waals surface area contributed by atoms with Gasteiger partial charge in [0.15, 0.2) is 0 Å². The molecule has 0 amide bonds. The summed E-state index contributed by atoms with van der Waals surface area (Å²) < 4.78 is 11.0. The van der Waals surface area contributed by atoms with E-state index in [2.05, 4.69) is 4.94 Å². The van der Waals surface area contributed by atoms with Gasteiger partial charge < -0.3 is 4.79 Å². The van der Waals surface area contributed by atoms with Crippen LogP contribution < -0.4 is 0 Å². The fourth-order valence-corrected chi connectivity index (χ4v) is 0.340. The molecule has 0 aromatic rings. The molecule has 0 radical (unpaired) electrons. The van der Waals surface area contributed by atoms with Gasteiger partial charge in [-0.25, -0.2) is 0 Å². The Hall–Kier alpha value is -0.440. The molecule has 0 fully saturated rings. The number of aldehydes is 1. The van der Waals surface area contributed by atoms with Crippen molar-refractivity contribution in [2.45, 2.75) is 13.3 Å². The lowest BCUT2D eigenvalue weighted by Gasteiger charge is -1.99. The van der Waals surface area contributed by atoms with Crippen molar-refractivity contribution >= 4 is 6.29 Å². The van der Waals surface area contributed by atoms with Crippen LogP contribution in [-0.2, 0) is 9.74 Å². The van der Waals surface area contributed by atoms with Gasteiger partial charge in [-0.3, -0.25) is 0 Å². The summed E-state index contributed by atoms with van der Waals surface area (Å²) in [7, 11) is 0. The third-order valence-electron chi connectivity index (χ3n) is 0.846. The summed E-state index contributed by atoms with van der Waals surface area (Å²) in [5, 5.41) is 0. The first-order valence-corrected chi connectivity index (χ1v) is 2.48. The van der Waals surface area contributed by atoms with E-state index in [4.69, 9.17) is 0 Å². The van der Waals surface area contributed by atoms with Gasteiger partial charge >= 0.3 is 0 Å². The SMILES string of the molecule is CC(CC=O)COF. The normalized spacial score (nSPS) is 13.2. The number of hydrogen-bond acceptors (Lipinski definition) is 2. The fraction of sp³-hybridized carbons (Fsp3) is 0.800. The summed E-state index contributed by atoms with van der Waals surface area (Å²) in [6.45, 7) is 1.76. The highest BCUT2D eigenvalue weighted by Gasteiger charge is 1.99. The van der Waals surface area contributed by atoms with Crippen LogP contribution in [0.1, 0.15) is 13.3 Å². The largest absolute Gasteiger partial charge is 0.303 e. The van der Waals surface area contributed by atoms with Gasteiger partial charge in [0.25, 0.3) is 0 Å². The Morgan fingerprint density at radius 1 is 1.88 bits per heavy atom. The molecule has 0 aromatic carbocycles. The van der Waals surface area contributed by atoms with Gasteiger partial charge in [0.05, 0.1) is 6.61 Å². The highest BCUT2D eigenvalue weighted by atomic mass is 19.3. The van der Waals surface area contributed by atoms with Crippen molar-refractivity contribution in [2.24, 2.45) is 5.92 Å². The van der Waals surface area contributed by atoms with Crippen molar-refractivity contribution in [3.8, 4) is 0 Å². The van der Waals surface area contributed by atoms with E-state index in [1.807, 2.05) is 0 Å². The van der Waals surface area contributed by atoms with E-state index in [1.54, 1.807) is 6.92 Å². The molecule has 0 saturated heterocycles. The molecule has 0 aromatic heterocycles. The van der Waals surface area contributed by atoms with Gasteiger partial charge in [-0.15, -0.1) is 0 Å². The second-order valence-electron chi connectivity index (χ2n) is 1.78. The molecular formula is C5H9FO2. The van der Waals surface area contributed by atoms with Crippen LogP contribution in [0.3, 0.4) is 0 Å². The maximum Gasteiger partial charge on any atom is 0.120 e. The molecule has 3 heteroatoms. The van der Waals surface area contributed by atoms with E-state index in [9.17, 15) is 9.32 Å². The number of carbonyl (C=O) groups excluding carboxylic acids is 1. The predicted octanol–water partition coefficient (Wildman–Crippen LogP) is 1.11. The highest BCUT2D eigenvalue weighted by Crippen LogP contribution is 1.98. The Labute approximate surface area is 47.5 Å². The molecule has 0 bridgehead atoms. The number of rotatable bonds is 4. The molecule has 0 N–H and O–H groups in total. The maximum atomic E-state index is 11.0. The molecule has 0 aliphatic heterocycles. The summed E-state index contributed by atoms with van der Waals surface area (Å²) in [4.78, 5) is 13.0. The summed E-state index contributed by atoms with van der Waals surface area (Å²) in [5.41, 5.74) is 0. The smallest absolute Gasteiger partial charge is 0.120 e. The molecular weight excluding hydrogens is 111 g/mol. The van der Waals surface area contributed by atoms with E-state index in [-0.39, 0.29) is 12.5 Å². The van der Waals surface area contributed by atoms with Crippen LogP contribution in [-0.4, -0.2) is 12.9 Å². The lowest BCUT2D eigenvalue weighted by atomic mass is 10.1. The molecule has 0 spiro atoms. The second kappa shape index (κ2) is 4.71. The van der Waals surface area contributed by atoms with Crippen LogP contribution in [0.15, 0.2) is 0 Å². The van der Waals surface area contributed by atoms with E-state index >= 15 is 0 Å². The van der Waals surface area contributed by atoms with Gasteiger partial charge in [-0.2, -0.15) is 4.94 Å². The van der Waals surface area contributed by atoms with Crippen LogP contribution in [0, 0.1) is 5.92 Å². The van der Waals surface area contributed by atoms with Gasteiger partial charge in [0.1, 0.15) is 6.29 Å². The zero-order valence-electron chi connectivity index (χ0n) is 4.76. The number of carbonyl (C=O) groups is 1. The summed E-state index contributed by atoms with van der Waals surface area (Å²) in [5.74, 6) is -0.00231. The molecule has 48 valence electrons. The monoisotopic (exact) mass is 120 g/mol. The molecule has 1 unspecified atom stereocenters. The van der Waals surface area contributed by atoms with Crippen LogP contribution in [0.25, 0.3) is 0 Å². The average Bonchev–Trinajstić information content (AvgIpc) is 1.68. The second-order valence-corrected chi connectivity index (χ2v) is 1.78. The van der Waals surface area contributed by atoms with Crippen molar-refractivity contribution in [3.05, 3.63) is 0 Å². The minimum atomic E-state index is -0.00231. The van der Waals surface area contributed by atoms with Crippen molar-refractivity contribution in [2.75, 3.05) is 6.61 Å². The summed E-state index contributed by atoms with van der Waals surface area (Å²) >= 11 is 0. The predicted molar refractivity (Wildman–Crippen MR) is 26.9 cm³/mol. The maximum absolute atomic E-state index is 11.0. The minimum Gasteiger partial charge on any atom is -0.303 e. The molecule has 0 aliphatic carbocycles. The van der Waals surface area contributed by atoms with Gasteiger partial charge in [0.2, 0.25) is 0 Å². The lowest BCUT2D eigenvalue weighted by molar-refractivity contribution is -0.145. The quantitative estimate of drug-likeness (QED) is 0.519. The third kappa shape index (κ3) is 3.74. The zero-order chi connectivity index (χ0) is 6.41. The molecule has 8 heavy (non-hydrogen) atoms. The van der Waals surface area contributed by atoms with Crippen LogP contribution in [0.4, 0.5) is 4.53 Å². The summed E-state index contributed by atoms with van der Waals surface area (Å²) in [6, 6.07) is 0. The molecule has 1 atom stereocenters. The Morgan fingerprint density at radius 2 is 2.50 bits per heavy atom. The molecule has 0 rings (SSSR count). The Kier molecular flexibility index (Phi) is 4.45. The molecule has 0 aliphatic rings. The Morgan fingerprint density at radius 3 is 2.88 bits per heavy atom. The number of hydrogen-bond donors (Lipinski definition) is 0. The van der Waals surface area contributed by atoms with Crippen molar-refractivity contribution in [1.82, 2.24) is 0 Å². The average molecular weight is 120 g/mol. The molecule has 0 saturated carbocycles. The topological polar surface area (TPSA) is 26.3 Å². The van der Waals surface area contributed by atoms with Gasteiger partial charge in [-0.1, -0.05) is 6.92 Å². The molecule has 2 nitrogen and oxygen atoms in total. The van der Waals surface area contributed by atoms with E-state index in [0.717, 1.165) is 6.29 Å². The first-order valence-electron chi connectivity index (χ1n) is 2.48. The van der Waals surface area contributed by atoms with Crippen molar-refractivity contribution < 1.29 is 14.3 Å². The van der Waals surface area contributed by atoms with E-state index in [0.29, 0.717) is 6.42 Å². The summed E-state index contributed by atoms with van der Waals surface area (Å²) in [6.07, 6.45) is 1.12. The standard InChI is InChI=1S/C5H9FO2/c1-5(2-3-7)4-8-6/h3,5H,2,4H2,1H3. The van der Waals surface area contributed by atoms with Crippen molar-refractivity contribution in [3.63, 3.8) is 0 Å². The van der Waals surface area contributed by atoms with E-state index in [1.165, 1.54) is 0 Å². The highest BCUT2D eigenvalue weighted by molar-refractivity contribution is 5.49. The fourth-order valence-electron chi connectivity index (χ4n) is 0.340. The van der Waals surface area contributed by atoms with Crippen LogP contribution in [0.5, 0.6) is 0 Å².